The molecule has 25 heteroatoms. The summed E-state index contributed by atoms with van der Waals surface area (Å²) in [4.78, 5) is 73.1. The Morgan fingerprint density at radius 2 is 0.745 bits per heavy atom. The molecule has 0 radical (unpaired) electrons. The van der Waals surface area contributed by atoms with Gasteiger partial charge in [-0.25, -0.2) is 59.0 Å². The molecular formula is C26H23Cl7N10O8. The second-order valence-corrected chi connectivity index (χ2v) is 11.1. The van der Waals surface area contributed by atoms with Crippen molar-refractivity contribution in [1.82, 2.24) is 39.9 Å². The zero-order valence-corrected chi connectivity index (χ0v) is 32.0. The lowest BCUT2D eigenvalue weighted by Gasteiger charge is -2.03. The van der Waals surface area contributed by atoms with Crippen LogP contribution in [0.1, 0.15) is 59.0 Å². The lowest BCUT2D eigenvalue weighted by atomic mass is 10.4. The lowest BCUT2D eigenvalue weighted by Crippen LogP contribution is -2.11. The number of esters is 3. The van der Waals surface area contributed by atoms with Gasteiger partial charge in [-0.1, -0.05) is 81.2 Å². The Morgan fingerprint density at radius 1 is 0.451 bits per heavy atom. The minimum Gasteiger partial charge on any atom is -0.476 e. The Balaban J connectivity index is 0.000000340. The Bertz CT molecular complexity index is 1790. The van der Waals surface area contributed by atoms with E-state index in [9.17, 15) is 19.2 Å². The first-order chi connectivity index (χ1) is 23.7. The molecule has 0 bridgehead atoms. The fourth-order valence-corrected chi connectivity index (χ4v) is 3.86. The monoisotopic (exact) mass is 848 g/mol. The second kappa shape index (κ2) is 20.6. The molecule has 0 aliphatic carbocycles. The van der Waals surface area contributed by atoms with Gasteiger partial charge in [0.1, 0.15) is 0 Å². The summed E-state index contributed by atoms with van der Waals surface area (Å²) in [6.45, 7) is 4.88. The third-order valence-corrected chi connectivity index (χ3v) is 7.38. The van der Waals surface area contributed by atoms with Crippen molar-refractivity contribution in [3.8, 4) is 0 Å². The van der Waals surface area contributed by atoms with Crippen molar-refractivity contribution in [2.24, 2.45) is 0 Å². The van der Waals surface area contributed by atoms with E-state index in [1.807, 2.05) is 0 Å². The average Bonchev–Trinajstić information content (AvgIpc) is 3.07. The van der Waals surface area contributed by atoms with Crippen LogP contribution >= 0.6 is 81.2 Å². The molecule has 4 aromatic rings. The van der Waals surface area contributed by atoms with Gasteiger partial charge in [-0.15, -0.1) is 0 Å². The summed E-state index contributed by atoms with van der Waals surface area (Å²) in [7, 11) is 3.66. The first-order valence-corrected chi connectivity index (χ1v) is 15.5. The lowest BCUT2D eigenvalue weighted by molar-refractivity contribution is 0.0585. The van der Waals surface area contributed by atoms with Gasteiger partial charge in [0.25, 0.3) is 0 Å². The molecule has 0 saturated carbocycles. The smallest absolute Gasteiger partial charge is 0.360 e. The van der Waals surface area contributed by atoms with E-state index in [4.69, 9.17) is 97.8 Å². The third-order valence-electron chi connectivity index (χ3n) is 5.16. The van der Waals surface area contributed by atoms with Crippen LogP contribution in [0.4, 0.5) is 11.6 Å². The van der Waals surface area contributed by atoms with Gasteiger partial charge < -0.3 is 30.8 Å². The number of anilines is 2. The van der Waals surface area contributed by atoms with Gasteiger partial charge in [0, 0.05) is 0 Å². The summed E-state index contributed by atoms with van der Waals surface area (Å²) in [6, 6.07) is 0. The van der Waals surface area contributed by atoms with E-state index in [1.54, 1.807) is 20.8 Å². The molecule has 4 rings (SSSR count). The predicted molar refractivity (Wildman–Crippen MR) is 187 cm³/mol. The van der Waals surface area contributed by atoms with Gasteiger partial charge in [0.05, 0.1) is 38.4 Å². The highest BCUT2D eigenvalue weighted by molar-refractivity contribution is 6.40. The van der Waals surface area contributed by atoms with Crippen molar-refractivity contribution in [1.29, 1.82) is 0 Å². The largest absolute Gasteiger partial charge is 0.476 e. The van der Waals surface area contributed by atoms with E-state index in [2.05, 4.69) is 54.1 Å². The Morgan fingerprint density at radius 3 is 1.16 bits per heavy atom. The Hall–Kier alpha value is -4.17. The highest BCUT2D eigenvalue weighted by atomic mass is 35.5. The van der Waals surface area contributed by atoms with Gasteiger partial charge in [0.15, 0.2) is 70.5 Å². The van der Waals surface area contributed by atoms with Crippen LogP contribution in [0.2, 0.25) is 36.1 Å². The molecule has 0 saturated heterocycles. The number of halogens is 7. The summed E-state index contributed by atoms with van der Waals surface area (Å²) in [5.74, 6) is -3.33. The second-order valence-electron chi connectivity index (χ2n) is 8.63. The van der Waals surface area contributed by atoms with Crippen molar-refractivity contribution >= 4 is 117 Å². The number of nitrogen functional groups attached to an aromatic ring is 2. The molecule has 4 heterocycles. The molecule has 0 aliphatic heterocycles. The number of nitrogens with zero attached hydrogens (tertiary/aromatic N) is 8. The van der Waals surface area contributed by atoms with E-state index < -0.39 is 23.9 Å². The van der Waals surface area contributed by atoms with Gasteiger partial charge in [-0.3, -0.25) is 0 Å². The fraction of sp³-hybridized carbons (Fsp3) is 0.231. The van der Waals surface area contributed by atoms with Gasteiger partial charge in [-0.2, -0.15) is 0 Å². The van der Waals surface area contributed by atoms with Crippen molar-refractivity contribution in [2.45, 2.75) is 20.8 Å². The maximum Gasteiger partial charge on any atom is 0.360 e. The van der Waals surface area contributed by atoms with E-state index in [1.165, 1.54) is 21.3 Å². The zero-order chi connectivity index (χ0) is 39.3. The number of aryl methyl sites for hydroxylation is 3. The minimum atomic E-state index is -1.24. The normalized spacial score (nSPS) is 9.82. The van der Waals surface area contributed by atoms with Gasteiger partial charge >= 0.3 is 23.9 Å². The molecule has 5 N–H and O–H groups in total. The number of aromatic nitrogens is 8. The van der Waals surface area contributed by atoms with Crippen LogP contribution in [0.25, 0.3) is 0 Å². The first-order valence-electron chi connectivity index (χ1n) is 12.9. The maximum absolute atomic E-state index is 11.0. The molecule has 4 aromatic heterocycles. The number of aromatic carboxylic acids is 1. The number of carbonyl (C=O) groups is 4. The molecule has 0 spiro atoms. The summed E-state index contributed by atoms with van der Waals surface area (Å²) >= 11 is 39.0. The number of carbonyl (C=O) groups excluding carboxylic acids is 3. The quantitative estimate of drug-likeness (QED) is 0.166. The summed E-state index contributed by atoms with van der Waals surface area (Å²) in [5, 5.41) is 8.59. The van der Waals surface area contributed by atoms with Crippen LogP contribution in [0.3, 0.4) is 0 Å². The summed E-state index contributed by atoms with van der Waals surface area (Å²) in [5.41, 5.74) is 11.5. The summed E-state index contributed by atoms with van der Waals surface area (Å²) in [6.07, 6.45) is 0. The van der Waals surface area contributed by atoms with Crippen LogP contribution in [-0.2, 0) is 14.2 Å². The minimum absolute atomic E-state index is 0.00579. The van der Waals surface area contributed by atoms with Crippen LogP contribution < -0.4 is 11.5 Å². The van der Waals surface area contributed by atoms with Crippen molar-refractivity contribution < 1.29 is 38.5 Å². The molecule has 0 atom stereocenters. The molecule has 0 aromatic carbocycles. The van der Waals surface area contributed by atoms with E-state index in [-0.39, 0.29) is 70.5 Å². The SMILES string of the molecule is COC(=O)c1nc(Cl)c(C)nc1Cl.COC(=O)c1nc(Cl)c(C)nc1N.COC(=O)c1nc(Cl)c(Cl)nc1N.Cc1nc(Cl)c(C(=O)O)nc1Cl. The van der Waals surface area contributed by atoms with Crippen LogP contribution in [0, 0.1) is 20.8 Å². The molecule has 0 fully saturated rings. The number of methoxy groups -OCH3 is 3. The van der Waals surface area contributed by atoms with Crippen LogP contribution in [0.15, 0.2) is 0 Å². The maximum atomic E-state index is 11.0. The van der Waals surface area contributed by atoms with Crippen LogP contribution in [0.5, 0.6) is 0 Å². The Kier molecular flexibility index (Phi) is 18.1. The number of nitrogens with two attached hydrogens (primary N) is 2. The van der Waals surface area contributed by atoms with Crippen molar-refractivity contribution in [3.05, 3.63) is 75.9 Å². The number of ether oxygens (including phenoxy) is 3. The summed E-state index contributed by atoms with van der Waals surface area (Å²) < 4.78 is 13.2. The fourth-order valence-electron chi connectivity index (χ4n) is 2.72. The number of carboxylic acids is 1. The predicted octanol–water partition coefficient (Wildman–Crippen LogP) is 5.63. The molecule has 274 valence electrons. The first kappa shape index (κ1) is 44.9. The highest BCUT2D eigenvalue weighted by Crippen LogP contribution is 2.21. The average molecular weight is 852 g/mol. The molecule has 51 heavy (non-hydrogen) atoms. The standard InChI is InChI=1S/C7H6Cl2N2O2.C7H8ClN3O2.C6H5Cl2N3O2.C6H4Cl2N2O2/c2*1-3-5(8)11-4(6(9)10-3)7(12)13-2;1-13-6(12)2-5(9)11-4(8)3(7)10-2;1-2-4(7)10-3(6(11)12)5(8)9-2/h1-2H3;1-2H3,(H2,9,10);1H3,(H2,9,11);1H3,(H,11,12). The van der Waals surface area contributed by atoms with E-state index >= 15 is 0 Å². The Labute approximate surface area is 323 Å². The number of hydrogen-bond acceptors (Lipinski definition) is 17. The number of rotatable bonds is 4. The van der Waals surface area contributed by atoms with E-state index in [0.717, 1.165) is 0 Å². The highest BCUT2D eigenvalue weighted by Gasteiger charge is 2.18. The van der Waals surface area contributed by atoms with E-state index in [0.29, 0.717) is 17.1 Å². The topological polar surface area (TPSA) is 271 Å². The van der Waals surface area contributed by atoms with Gasteiger partial charge in [0.2, 0.25) is 0 Å². The van der Waals surface area contributed by atoms with Gasteiger partial charge in [-0.05, 0) is 20.8 Å². The van der Waals surface area contributed by atoms with Crippen molar-refractivity contribution in [3.63, 3.8) is 0 Å². The molecule has 0 aliphatic rings. The number of hydrogen-bond donors (Lipinski definition) is 3. The van der Waals surface area contributed by atoms with Crippen LogP contribution in [-0.4, -0.2) is 90.2 Å². The molecular weight excluding hydrogens is 829 g/mol. The zero-order valence-electron chi connectivity index (χ0n) is 26.7. The molecule has 18 nitrogen and oxygen atoms in total. The third kappa shape index (κ3) is 13.1. The molecule has 0 amide bonds. The number of carboxylic acid groups (broad SMARTS) is 1. The molecule has 0 unspecified atom stereocenters. The van der Waals surface area contributed by atoms with Crippen molar-refractivity contribution in [2.75, 3.05) is 32.8 Å².